The Hall–Kier alpha value is -2.86. The average Bonchev–Trinajstić information content (AvgIpc) is 2.71. The first-order valence-electron chi connectivity index (χ1n) is 9.99. The summed E-state index contributed by atoms with van der Waals surface area (Å²) in [5.74, 6) is -0.672. The standard InChI is InChI=1S/C23H30N4O2/c1-17-7-5-6-8-20(17)25-22(29)23(2,3)21(28)24-18-9-11-19(12-10-18)27-15-13-26(4)14-16-27/h5-12H,13-16H2,1-4H3,(H,24,28)(H,25,29). The molecule has 2 N–H and O–H groups in total. The smallest absolute Gasteiger partial charge is 0.239 e. The first-order chi connectivity index (χ1) is 13.8. The second kappa shape index (κ2) is 8.66. The zero-order valence-corrected chi connectivity index (χ0v) is 17.7. The molecule has 1 fully saturated rings. The van der Waals surface area contributed by atoms with Crippen LogP contribution in [0.3, 0.4) is 0 Å². The minimum Gasteiger partial charge on any atom is -0.369 e. The summed E-state index contributed by atoms with van der Waals surface area (Å²) in [5, 5.41) is 5.74. The Bertz CT molecular complexity index is 869. The third kappa shape index (κ3) is 4.95. The molecule has 0 radical (unpaired) electrons. The molecule has 0 saturated carbocycles. The van der Waals surface area contributed by atoms with E-state index in [0.29, 0.717) is 5.69 Å². The van der Waals surface area contributed by atoms with E-state index in [1.807, 2.05) is 55.5 Å². The molecule has 1 saturated heterocycles. The molecule has 2 aromatic carbocycles. The molecule has 0 aromatic heterocycles. The Balaban J connectivity index is 1.62. The second-order valence-electron chi connectivity index (χ2n) is 8.19. The molecule has 2 aromatic rings. The fourth-order valence-corrected chi connectivity index (χ4v) is 3.20. The highest BCUT2D eigenvalue weighted by Gasteiger charge is 2.36. The van der Waals surface area contributed by atoms with E-state index in [1.54, 1.807) is 13.8 Å². The molecule has 154 valence electrons. The monoisotopic (exact) mass is 394 g/mol. The van der Waals surface area contributed by atoms with E-state index in [2.05, 4.69) is 27.5 Å². The highest BCUT2D eigenvalue weighted by molar-refractivity contribution is 6.14. The Morgan fingerprint density at radius 2 is 1.45 bits per heavy atom. The van der Waals surface area contributed by atoms with Gasteiger partial charge >= 0.3 is 0 Å². The van der Waals surface area contributed by atoms with Crippen molar-refractivity contribution in [3.8, 4) is 0 Å². The summed E-state index contributed by atoms with van der Waals surface area (Å²) >= 11 is 0. The van der Waals surface area contributed by atoms with Gasteiger partial charge in [-0.1, -0.05) is 18.2 Å². The number of aryl methyl sites for hydroxylation is 1. The number of hydrogen-bond acceptors (Lipinski definition) is 4. The van der Waals surface area contributed by atoms with Crippen molar-refractivity contribution in [1.29, 1.82) is 0 Å². The highest BCUT2D eigenvalue weighted by atomic mass is 16.2. The van der Waals surface area contributed by atoms with Gasteiger partial charge in [-0.15, -0.1) is 0 Å². The quantitative estimate of drug-likeness (QED) is 0.764. The van der Waals surface area contributed by atoms with E-state index in [0.717, 1.165) is 43.1 Å². The lowest BCUT2D eigenvalue weighted by molar-refractivity contribution is -0.135. The van der Waals surface area contributed by atoms with Gasteiger partial charge in [-0.05, 0) is 63.7 Å². The van der Waals surface area contributed by atoms with Crippen molar-refractivity contribution in [2.75, 3.05) is 48.8 Å². The summed E-state index contributed by atoms with van der Waals surface area (Å²) in [7, 11) is 2.13. The van der Waals surface area contributed by atoms with Crippen molar-refractivity contribution in [3.63, 3.8) is 0 Å². The SMILES string of the molecule is Cc1ccccc1NC(=O)C(C)(C)C(=O)Nc1ccc(N2CCN(C)CC2)cc1. The molecule has 0 aliphatic carbocycles. The van der Waals surface area contributed by atoms with Crippen LogP contribution >= 0.6 is 0 Å². The van der Waals surface area contributed by atoms with Gasteiger partial charge in [0.05, 0.1) is 0 Å². The first kappa shape index (κ1) is 20.9. The van der Waals surface area contributed by atoms with Crippen LogP contribution in [0.2, 0.25) is 0 Å². The maximum Gasteiger partial charge on any atom is 0.239 e. The van der Waals surface area contributed by atoms with Crippen molar-refractivity contribution in [1.82, 2.24) is 4.90 Å². The number of piperazine rings is 1. The van der Waals surface area contributed by atoms with Crippen LogP contribution in [0.25, 0.3) is 0 Å². The van der Waals surface area contributed by atoms with Crippen molar-refractivity contribution < 1.29 is 9.59 Å². The number of carbonyl (C=O) groups excluding carboxylic acids is 2. The van der Waals surface area contributed by atoms with Gasteiger partial charge in [0.15, 0.2) is 0 Å². The van der Waals surface area contributed by atoms with E-state index in [1.165, 1.54) is 0 Å². The minimum atomic E-state index is -1.21. The lowest BCUT2D eigenvalue weighted by atomic mass is 9.90. The molecule has 29 heavy (non-hydrogen) atoms. The lowest BCUT2D eigenvalue weighted by Gasteiger charge is -2.34. The van der Waals surface area contributed by atoms with Crippen LogP contribution in [0, 0.1) is 12.3 Å². The number of nitrogens with zero attached hydrogens (tertiary/aromatic N) is 2. The molecule has 1 heterocycles. The zero-order valence-electron chi connectivity index (χ0n) is 17.7. The Morgan fingerprint density at radius 1 is 0.862 bits per heavy atom. The van der Waals surface area contributed by atoms with Crippen LogP contribution in [0.4, 0.5) is 17.1 Å². The van der Waals surface area contributed by atoms with E-state index in [-0.39, 0.29) is 11.8 Å². The van der Waals surface area contributed by atoms with Gasteiger partial charge in [-0.3, -0.25) is 9.59 Å². The number of amides is 2. The molecular formula is C23H30N4O2. The third-order valence-corrected chi connectivity index (χ3v) is 5.52. The van der Waals surface area contributed by atoms with Gasteiger partial charge in [-0.2, -0.15) is 0 Å². The molecule has 0 atom stereocenters. The first-order valence-corrected chi connectivity index (χ1v) is 9.99. The fourth-order valence-electron chi connectivity index (χ4n) is 3.20. The number of nitrogens with one attached hydrogen (secondary N) is 2. The highest BCUT2D eigenvalue weighted by Crippen LogP contribution is 2.24. The Morgan fingerprint density at radius 3 is 2.07 bits per heavy atom. The largest absolute Gasteiger partial charge is 0.369 e. The van der Waals surface area contributed by atoms with Crippen LogP contribution < -0.4 is 15.5 Å². The van der Waals surface area contributed by atoms with E-state index in [9.17, 15) is 9.59 Å². The number of carbonyl (C=O) groups is 2. The molecule has 3 rings (SSSR count). The molecule has 0 spiro atoms. The predicted octanol–water partition coefficient (Wildman–Crippen LogP) is 3.35. The Kier molecular flexibility index (Phi) is 6.23. The van der Waals surface area contributed by atoms with Crippen molar-refractivity contribution in [2.45, 2.75) is 20.8 Å². The number of para-hydroxylation sites is 1. The van der Waals surface area contributed by atoms with Gasteiger partial charge in [0, 0.05) is 43.2 Å². The van der Waals surface area contributed by atoms with Gasteiger partial charge < -0.3 is 20.4 Å². The number of likely N-dealkylation sites (N-methyl/N-ethyl adjacent to an activating group) is 1. The molecule has 6 nitrogen and oxygen atoms in total. The number of hydrogen-bond donors (Lipinski definition) is 2. The molecule has 0 bridgehead atoms. The van der Waals surface area contributed by atoms with Crippen molar-refractivity contribution in [2.24, 2.45) is 5.41 Å². The maximum atomic E-state index is 12.8. The fraction of sp³-hybridized carbons (Fsp3) is 0.391. The summed E-state index contributed by atoms with van der Waals surface area (Å²) in [5.41, 5.74) is 2.29. The van der Waals surface area contributed by atoms with Gasteiger partial charge in [0.1, 0.15) is 5.41 Å². The zero-order chi connectivity index (χ0) is 21.0. The van der Waals surface area contributed by atoms with Crippen LogP contribution in [0.15, 0.2) is 48.5 Å². The van der Waals surface area contributed by atoms with Crippen LogP contribution in [-0.4, -0.2) is 49.9 Å². The molecule has 1 aliphatic heterocycles. The lowest BCUT2D eigenvalue weighted by Crippen LogP contribution is -2.44. The van der Waals surface area contributed by atoms with Crippen molar-refractivity contribution in [3.05, 3.63) is 54.1 Å². The molecular weight excluding hydrogens is 364 g/mol. The second-order valence-corrected chi connectivity index (χ2v) is 8.19. The predicted molar refractivity (Wildman–Crippen MR) is 118 cm³/mol. The summed E-state index contributed by atoms with van der Waals surface area (Å²) in [4.78, 5) is 30.2. The van der Waals surface area contributed by atoms with E-state index in [4.69, 9.17) is 0 Å². The van der Waals surface area contributed by atoms with E-state index < -0.39 is 5.41 Å². The summed E-state index contributed by atoms with van der Waals surface area (Å²) < 4.78 is 0. The van der Waals surface area contributed by atoms with Gasteiger partial charge in [0.2, 0.25) is 11.8 Å². The molecule has 6 heteroatoms. The van der Waals surface area contributed by atoms with E-state index >= 15 is 0 Å². The minimum absolute atomic E-state index is 0.335. The van der Waals surface area contributed by atoms with Crippen LogP contribution in [-0.2, 0) is 9.59 Å². The van der Waals surface area contributed by atoms with Gasteiger partial charge in [-0.25, -0.2) is 0 Å². The number of benzene rings is 2. The molecule has 1 aliphatic rings. The van der Waals surface area contributed by atoms with Crippen LogP contribution in [0.1, 0.15) is 19.4 Å². The van der Waals surface area contributed by atoms with Gasteiger partial charge in [0.25, 0.3) is 0 Å². The number of anilines is 3. The third-order valence-electron chi connectivity index (χ3n) is 5.52. The molecule has 2 amide bonds. The van der Waals surface area contributed by atoms with Crippen LogP contribution in [0.5, 0.6) is 0 Å². The van der Waals surface area contributed by atoms with Crippen molar-refractivity contribution >= 4 is 28.9 Å². The maximum absolute atomic E-state index is 12.8. The summed E-state index contributed by atoms with van der Waals surface area (Å²) in [6.07, 6.45) is 0. The summed E-state index contributed by atoms with van der Waals surface area (Å²) in [6, 6.07) is 15.3. The number of rotatable bonds is 5. The normalized spacial score (nSPS) is 15.1. The Labute approximate surface area is 172 Å². The summed E-state index contributed by atoms with van der Waals surface area (Å²) in [6.45, 7) is 9.27. The average molecular weight is 395 g/mol. The molecule has 0 unspecified atom stereocenters. The topological polar surface area (TPSA) is 64.7 Å².